The van der Waals surface area contributed by atoms with Gasteiger partial charge >= 0.3 is 5.97 Å². The molecule has 12 heteroatoms. The first-order chi connectivity index (χ1) is 15.5. The number of aromatic nitrogens is 4. The van der Waals surface area contributed by atoms with Crippen LogP contribution in [-0.2, 0) is 23.5 Å². The molecular weight excluding hydrogens is 553 g/mol. The highest BCUT2D eigenvalue weighted by Gasteiger charge is 2.34. The zero-order valence-corrected chi connectivity index (χ0v) is 21.3. The van der Waals surface area contributed by atoms with Crippen molar-refractivity contribution in [2.45, 2.75) is 20.9 Å². The van der Waals surface area contributed by atoms with Gasteiger partial charge in [0.1, 0.15) is 0 Å². The lowest BCUT2D eigenvalue weighted by Gasteiger charge is -2.16. The summed E-state index contributed by atoms with van der Waals surface area (Å²) >= 11 is 36.2. The molecule has 6 nitrogen and oxygen atoms in total. The molecule has 0 aliphatic rings. The number of alkyl halides is 6. The predicted molar refractivity (Wildman–Crippen MR) is 133 cm³/mol. The molecule has 0 bridgehead atoms. The molecule has 0 atom stereocenters. The second-order valence-electron chi connectivity index (χ2n) is 6.98. The number of rotatable bonds is 4. The van der Waals surface area contributed by atoms with Crippen LogP contribution in [0.5, 0.6) is 0 Å². The number of carbonyl (C=O) groups excluding carboxylic acids is 1. The number of ether oxygens (including phenoxy) is 1. The van der Waals surface area contributed by atoms with Crippen molar-refractivity contribution < 1.29 is 9.53 Å². The van der Waals surface area contributed by atoms with Crippen molar-refractivity contribution in [2.24, 2.45) is 0 Å². The Balaban J connectivity index is 2.02. The summed E-state index contributed by atoms with van der Waals surface area (Å²) in [7, 11) is 0. The molecule has 0 aliphatic heterocycles. The summed E-state index contributed by atoms with van der Waals surface area (Å²) in [6.45, 7) is 2.04. The summed E-state index contributed by atoms with van der Waals surface area (Å²) < 4.78 is 1.16. The average molecular weight is 567 g/mol. The van der Waals surface area contributed by atoms with Gasteiger partial charge in [-0.1, -0.05) is 99.9 Å². The molecule has 4 rings (SSSR count). The van der Waals surface area contributed by atoms with Crippen molar-refractivity contribution in [3.05, 3.63) is 53.6 Å². The molecule has 1 N–H and O–H groups in total. The molecule has 0 radical (unpaired) electrons. The van der Waals surface area contributed by atoms with E-state index >= 15 is 0 Å². The van der Waals surface area contributed by atoms with Crippen LogP contribution in [0.2, 0.25) is 0 Å². The standard InChI is InChI=1S/C21H14Cl6N4O2/c1-2-33-14(32)9-10-7-8-12(15-11-5-3-4-6-13(11)28-16(10)15)17-29-18(20(22,23)24)31-19(30-17)21(25,26)27/h3-8,28H,2,9H2,1H3. The lowest BCUT2D eigenvalue weighted by molar-refractivity contribution is -0.142. The highest BCUT2D eigenvalue weighted by Crippen LogP contribution is 2.42. The maximum atomic E-state index is 12.2. The van der Waals surface area contributed by atoms with E-state index in [1.54, 1.807) is 19.1 Å². The minimum atomic E-state index is -1.98. The van der Waals surface area contributed by atoms with Crippen molar-refractivity contribution in [2.75, 3.05) is 6.61 Å². The van der Waals surface area contributed by atoms with Crippen LogP contribution < -0.4 is 0 Å². The third kappa shape index (κ3) is 5.11. The molecule has 2 aromatic carbocycles. The molecule has 172 valence electrons. The van der Waals surface area contributed by atoms with Crippen molar-refractivity contribution in [3.8, 4) is 11.4 Å². The Kier molecular flexibility index (Phi) is 6.89. The molecule has 0 saturated carbocycles. The molecule has 0 unspecified atom stereocenters. The molecule has 0 amide bonds. The van der Waals surface area contributed by atoms with Gasteiger partial charge in [0.25, 0.3) is 0 Å². The maximum absolute atomic E-state index is 12.2. The Morgan fingerprint density at radius 3 is 2.18 bits per heavy atom. The molecular formula is C21H14Cl6N4O2. The highest BCUT2D eigenvalue weighted by molar-refractivity contribution is 6.67. The van der Waals surface area contributed by atoms with E-state index in [0.29, 0.717) is 11.1 Å². The SMILES string of the molecule is CCOC(=O)Cc1ccc(-c2nc(C(Cl)(Cl)Cl)nc(C(Cl)(Cl)Cl)n2)c2c1[nH]c1ccccc12. The predicted octanol–water partition coefficient (Wildman–Crippen LogP) is 6.93. The van der Waals surface area contributed by atoms with Gasteiger partial charge in [0.2, 0.25) is 7.59 Å². The number of aromatic amines is 1. The van der Waals surface area contributed by atoms with E-state index in [4.69, 9.17) is 74.3 Å². The molecule has 0 spiro atoms. The van der Waals surface area contributed by atoms with Gasteiger partial charge < -0.3 is 9.72 Å². The lowest BCUT2D eigenvalue weighted by atomic mass is 10.0. The molecule has 4 aromatic rings. The summed E-state index contributed by atoms with van der Waals surface area (Å²) in [6.07, 6.45) is 0.0768. The molecule has 2 aromatic heterocycles. The lowest BCUT2D eigenvalue weighted by Crippen LogP contribution is -2.17. The Morgan fingerprint density at radius 2 is 1.58 bits per heavy atom. The smallest absolute Gasteiger partial charge is 0.310 e. The van der Waals surface area contributed by atoms with Crippen LogP contribution >= 0.6 is 69.6 Å². The second kappa shape index (κ2) is 9.25. The van der Waals surface area contributed by atoms with Gasteiger partial charge in [-0.25, -0.2) is 15.0 Å². The average Bonchev–Trinajstić information content (AvgIpc) is 3.13. The van der Waals surface area contributed by atoms with E-state index in [9.17, 15) is 4.79 Å². The Bertz CT molecular complexity index is 1330. The largest absolute Gasteiger partial charge is 0.466 e. The van der Waals surface area contributed by atoms with Crippen LogP contribution in [0.1, 0.15) is 24.1 Å². The van der Waals surface area contributed by atoms with Crippen molar-refractivity contribution in [1.82, 2.24) is 19.9 Å². The number of nitrogens with one attached hydrogen (secondary N) is 1. The van der Waals surface area contributed by atoms with Gasteiger partial charge in [0.05, 0.1) is 18.5 Å². The van der Waals surface area contributed by atoms with E-state index in [1.807, 2.05) is 24.3 Å². The van der Waals surface area contributed by atoms with Crippen molar-refractivity contribution >= 4 is 97.4 Å². The second-order valence-corrected chi connectivity index (χ2v) is 11.5. The van der Waals surface area contributed by atoms with Gasteiger partial charge in [0, 0.05) is 21.9 Å². The van der Waals surface area contributed by atoms with E-state index in [2.05, 4.69) is 19.9 Å². The first kappa shape index (κ1) is 24.6. The maximum Gasteiger partial charge on any atom is 0.310 e. The number of hydrogen-bond donors (Lipinski definition) is 1. The van der Waals surface area contributed by atoms with E-state index in [-0.39, 0.29) is 36.5 Å². The quantitative estimate of drug-likeness (QED) is 0.214. The van der Waals surface area contributed by atoms with E-state index in [0.717, 1.165) is 21.9 Å². The minimum Gasteiger partial charge on any atom is -0.466 e. The van der Waals surface area contributed by atoms with E-state index in [1.165, 1.54) is 0 Å². The number of fused-ring (bicyclic) bond motifs is 3. The first-order valence-electron chi connectivity index (χ1n) is 9.57. The summed E-state index contributed by atoms with van der Waals surface area (Å²) in [5, 5.41) is 1.63. The van der Waals surface area contributed by atoms with Crippen LogP contribution in [0, 0.1) is 0 Å². The van der Waals surface area contributed by atoms with Crippen molar-refractivity contribution in [3.63, 3.8) is 0 Å². The van der Waals surface area contributed by atoms with Crippen LogP contribution in [0.4, 0.5) is 0 Å². The van der Waals surface area contributed by atoms with Crippen LogP contribution in [-0.4, -0.2) is 32.5 Å². The Hall–Kier alpha value is -1.54. The van der Waals surface area contributed by atoms with E-state index < -0.39 is 7.59 Å². The summed E-state index contributed by atoms with van der Waals surface area (Å²) in [6, 6.07) is 11.2. The molecule has 0 fully saturated rings. The number of esters is 1. The highest BCUT2D eigenvalue weighted by atomic mass is 35.6. The fourth-order valence-corrected chi connectivity index (χ4v) is 3.97. The topological polar surface area (TPSA) is 80.8 Å². The third-order valence-electron chi connectivity index (χ3n) is 4.77. The van der Waals surface area contributed by atoms with Crippen molar-refractivity contribution in [1.29, 1.82) is 0 Å². The monoisotopic (exact) mass is 564 g/mol. The number of benzene rings is 2. The number of H-pyrrole nitrogens is 1. The number of hydrogen-bond acceptors (Lipinski definition) is 5. The van der Waals surface area contributed by atoms with Gasteiger partial charge in [-0.2, -0.15) is 0 Å². The number of halogens is 6. The summed E-state index contributed by atoms with van der Waals surface area (Å²) in [5.41, 5.74) is 2.87. The zero-order chi connectivity index (χ0) is 24.0. The fraction of sp³-hybridized carbons (Fsp3) is 0.238. The molecule has 0 saturated heterocycles. The van der Waals surface area contributed by atoms with Crippen LogP contribution in [0.25, 0.3) is 33.2 Å². The Labute approximate surface area is 218 Å². The normalized spacial score (nSPS) is 12.5. The van der Waals surface area contributed by atoms with Gasteiger partial charge in [0.15, 0.2) is 17.5 Å². The number of carbonyl (C=O) groups is 1. The molecule has 33 heavy (non-hydrogen) atoms. The number of nitrogens with zero attached hydrogens (tertiary/aromatic N) is 3. The zero-order valence-electron chi connectivity index (χ0n) is 16.8. The number of para-hydroxylation sites is 1. The first-order valence-corrected chi connectivity index (χ1v) is 11.8. The molecule has 0 aliphatic carbocycles. The third-order valence-corrected chi connectivity index (χ3v) is 5.79. The fourth-order valence-electron chi connectivity index (χ4n) is 3.46. The van der Waals surface area contributed by atoms with Crippen LogP contribution in [0.15, 0.2) is 36.4 Å². The summed E-state index contributed by atoms with van der Waals surface area (Å²) in [5.74, 6) is -0.586. The van der Waals surface area contributed by atoms with Gasteiger partial charge in [-0.15, -0.1) is 0 Å². The Morgan fingerprint density at radius 1 is 0.939 bits per heavy atom. The summed E-state index contributed by atoms with van der Waals surface area (Å²) in [4.78, 5) is 28.3. The van der Waals surface area contributed by atoms with Crippen LogP contribution in [0.3, 0.4) is 0 Å². The van der Waals surface area contributed by atoms with Gasteiger partial charge in [-0.05, 0) is 18.6 Å². The molecule has 2 heterocycles. The van der Waals surface area contributed by atoms with Gasteiger partial charge in [-0.3, -0.25) is 4.79 Å². The minimum absolute atomic E-state index is 0.0768.